The van der Waals surface area contributed by atoms with Gasteiger partial charge in [0.1, 0.15) is 0 Å². The van der Waals surface area contributed by atoms with E-state index in [-0.39, 0.29) is 23.8 Å². The first-order chi connectivity index (χ1) is 11.6. The van der Waals surface area contributed by atoms with E-state index in [1.807, 2.05) is 30.3 Å². The number of rotatable bonds is 5. The summed E-state index contributed by atoms with van der Waals surface area (Å²) >= 11 is 0. The summed E-state index contributed by atoms with van der Waals surface area (Å²) in [5.74, 6) is 0.449. The SMILES string of the molecule is CN(CC(=O)NCc1ccccc1)C(=O)[C@@]12CCCC[C@H]1CNC2. The lowest BCUT2D eigenvalue weighted by Crippen LogP contribution is -2.50. The van der Waals surface area contributed by atoms with Crippen LogP contribution >= 0.6 is 0 Å². The number of likely N-dealkylation sites (N-methyl/N-ethyl adjacent to an activating group) is 1. The number of fused-ring (bicyclic) bond motifs is 1. The zero-order valence-electron chi connectivity index (χ0n) is 14.4. The quantitative estimate of drug-likeness (QED) is 0.861. The lowest BCUT2D eigenvalue weighted by molar-refractivity contribution is -0.146. The molecule has 2 amide bonds. The van der Waals surface area contributed by atoms with Crippen LogP contribution in [0, 0.1) is 11.3 Å². The van der Waals surface area contributed by atoms with Crippen LogP contribution in [0.4, 0.5) is 0 Å². The standard InChI is InChI=1S/C19H27N3O2/c1-22(13-17(23)21-11-15-7-3-2-4-8-15)18(24)19-10-6-5-9-16(19)12-20-14-19/h2-4,7-8,16,20H,5-6,9-14H2,1H3,(H,21,23)/t16-,19+/m0/s1. The third kappa shape index (κ3) is 3.46. The van der Waals surface area contributed by atoms with Crippen LogP contribution in [0.15, 0.2) is 30.3 Å². The number of nitrogens with zero attached hydrogens (tertiary/aromatic N) is 1. The molecule has 0 radical (unpaired) electrons. The summed E-state index contributed by atoms with van der Waals surface area (Å²) in [5.41, 5.74) is 0.776. The molecular formula is C19H27N3O2. The lowest BCUT2D eigenvalue weighted by Gasteiger charge is -2.39. The van der Waals surface area contributed by atoms with E-state index in [2.05, 4.69) is 10.6 Å². The number of amides is 2. The molecular weight excluding hydrogens is 302 g/mol. The van der Waals surface area contributed by atoms with Crippen LogP contribution in [-0.2, 0) is 16.1 Å². The second kappa shape index (κ2) is 7.34. The third-order valence-electron chi connectivity index (χ3n) is 5.52. The van der Waals surface area contributed by atoms with E-state index in [1.54, 1.807) is 11.9 Å². The van der Waals surface area contributed by atoms with Crippen molar-refractivity contribution in [1.82, 2.24) is 15.5 Å². The molecule has 2 fully saturated rings. The predicted octanol–water partition coefficient (Wildman–Crippen LogP) is 1.54. The van der Waals surface area contributed by atoms with Crippen molar-refractivity contribution in [2.45, 2.75) is 32.2 Å². The Bertz CT molecular complexity index is 590. The van der Waals surface area contributed by atoms with Gasteiger partial charge < -0.3 is 15.5 Å². The minimum atomic E-state index is -0.285. The van der Waals surface area contributed by atoms with Crippen LogP contribution in [0.25, 0.3) is 0 Å². The Balaban J connectivity index is 1.55. The van der Waals surface area contributed by atoms with E-state index in [0.29, 0.717) is 12.5 Å². The van der Waals surface area contributed by atoms with Crippen LogP contribution in [0.3, 0.4) is 0 Å². The molecule has 1 aliphatic heterocycles. The fourth-order valence-corrected chi connectivity index (χ4v) is 4.19. The molecule has 0 unspecified atom stereocenters. The molecule has 1 aromatic carbocycles. The highest BCUT2D eigenvalue weighted by Gasteiger charge is 2.50. The smallest absolute Gasteiger partial charge is 0.239 e. The van der Waals surface area contributed by atoms with Gasteiger partial charge in [-0.3, -0.25) is 9.59 Å². The normalized spacial score (nSPS) is 25.8. The molecule has 1 saturated heterocycles. The second-order valence-electron chi connectivity index (χ2n) is 7.15. The van der Waals surface area contributed by atoms with Gasteiger partial charge in [-0.05, 0) is 30.9 Å². The highest BCUT2D eigenvalue weighted by Crippen LogP contribution is 2.44. The first kappa shape index (κ1) is 17.0. The van der Waals surface area contributed by atoms with Gasteiger partial charge in [0.15, 0.2) is 0 Å². The number of nitrogens with one attached hydrogen (secondary N) is 2. The molecule has 2 aliphatic rings. The van der Waals surface area contributed by atoms with E-state index < -0.39 is 0 Å². The maximum atomic E-state index is 13.0. The molecule has 130 valence electrons. The van der Waals surface area contributed by atoms with Gasteiger partial charge in [0, 0.05) is 20.1 Å². The number of carbonyl (C=O) groups is 2. The minimum Gasteiger partial charge on any atom is -0.350 e. The van der Waals surface area contributed by atoms with Crippen molar-refractivity contribution in [3.8, 4) is 0 Å². The van der Waals surface area contributed by atoms with E-state index in [4.69, 9.17) is 0 Å². The summed E-state index contributed by atoms with van der Waals surface area (Å²) in [4.78, 5) is 26.8. The topological polar surface area (TPSA) is 61.4 Å². The predicted molar refractivity (Wildman–Crippen MR) is 93.2 cm³/mol. The maximum absolute atomic E-state index is 13.0. The molecule has 0 bridgehead atoms. The first-order valence-electron chi connectivity index (χ1n) is 8.89. The van der Waals surface area contributed by atoms with Gasteiger partial charge in [0.25, 0.3) is 0 Å². The van der Waals surface area contributed by atoms with Crippen molar-refractivity contribution in [2.24, 2.45) is 11.3 Å². The summed E-state index contributed by atoms with van der Waals surface area (Å²) in [7, 11) is 1.75. The molecule has 1 heterocycles. The Morgan fingerprint density at radius 1 is 1.29 bits per heavy atom. The van der Waals surface area contributed by atoms with Crippen molar-refractivity contribution in [3.05, 3.63) is 35.9 Å². The number of carbonyl (C=O) groups excluding carboxylic acids is 2. The summed E-state index contributed by atoms with van der Waals surface area (Å²) in [6, 6.07) is 9.81. The Labute approximate surface area is 143 Å². The molecule has 24 heavy (non-hydrogen) atoms. The molecule has 5 nitrogen and oxygen atoms in total. The monoisotopic (exact) mass is 329 g/mol. The highest BCUT2D eigenvalue weighted by molar-refractivity contribution is 5.88. The van der Waals surface area contributed by atoms with Gasteiger partial charge in [-0.25, -0.2) is 0 Å². The van der Waals surface area contributed by atoms with E-state index >= 15 is 0 Å². The largest absolute Gasteiger partial charge is 0.350 e. The fourth-order valence-electron chi connectivity index (χ4n) is 4.19. The summed E-state index contributed by atoms with van der Waals surface area (Å²) < 4.78 is 0. The average molecular weight is 329 g/mol. The zero-order chi connectivity index (χ0) is 17.0. The molecule has 1 saturated carbocycles. The van der Waals surface area contributed by atoms with Gasteiger partial charge in [-0.1, -0.05) is 43.2 Å². The fraction of sp³-hybridized carbons (Fsp3) is 0.579. The molecule has 2 atom stereocenters. The van der Waals surface area contributed by atoms with Crippen LogP contribution < -0.4 is 10.6 Å². The van der Waals surface area contributed by atoms with Gasteiger partial charge in [0.2, 0.25) is 11.8 Å². The summed E-state index contributed by atoms with van der Waals surface area (Å²) in [6.45, 7) is 2.31. The van der Waals surface area contributed by atoms with Crippen molar-refractivity contribution in [3.63, 3.8) is 0 Å². The average Bonchev–Trinajstić information content (AvgIpc) is 3.05. The molecule has 0 aromatic heterocycles. The summed E-state index contributed by atoms with van der Waals surface area (Å²) in [5, 5.41) is 6.29. The molecule has 0 spiro atoms. The molecule has 1 aromatic rings. The first-order valence-corrected chi connectivity index (χ1v) is 8.89. The lowest BCUT2D eigenvalue weighted by atomic mass is 9.67. The molecule has 2 N–H and O–H groups in total. The van der Waals surface area contributed by atoms with Crippen LogP contribution in [0.1, 0.15) is 31.2 Å². The number of hydrogen-bond donors (Lipinski definition) is 2. The second-order valence-corrected chi connectivity index (χ2v) is 7.15. The minimum absolute atomic E-state index is 0.107. The molecule has 3 rings (SSSR count). The van der Waals surface area contributed by atoms with Crippen LogP contribution in [0.5, 0.6) is 0 Å². The number of benzene rings is 1. The van der Waals surface area contributed by atoms with E-state index in [1.165, 1.54) is 6.42 Å². The van der Waals surface area contributed by atoms with Gasteiger partial charge in [-0.2, -0.15) is 0 Å². The zero-order valence-corrected chi connectivity index (χ0v) is 14.4. The Morgan fingerprint density at radius 3 is 2.88 bits per heavy atom. The third-order valence-corrected chi connectivity index (χ3v) is 5.52. The van der Waals surface area contributed by atoms with E-state index in [0.717, 1.165) is 37.9 Å². The van der Waals surface area contributed by atoms with Crippen molar-refractivity contribution in [1.29, 1.82) is 0 Å². The Kier molecular flexibility index (Phi) is 5.19. The maximum Gasteiger partial charge on any atom is 0.239 e. The van der Waals surface area contributed by atoms with Gasteiger partial charge in [-0.15, -0.1) is 0 Å². The number of hydrogen-bond acceptors (Lipinski definition) is 3. The van der Waals surface area contributed by atoms with Crippen molar-refractivity contribution >= 4 is 11.8 Å². The highest BCUT2D eigenvalue weighted by atomic mass is 16.2. The summed E-state index contributed by atoms with van der Waals surface area (Å²) in [6.07, 6.45) is 4.38. The van der Waals surface area contributed by atoms with E-state index in [9.17, 15) is 9.59 Å². The van der Waals surface area contributed by atoms with Gasteiger partial charge >= 0.3 is 0 Å². The molecule has 1 aliphatic carbocycles. The van der Waals surface area contributed by atoms with Gasteiger partial charge in [0.05, 0.1) is 12.0 Å². The Hall–Kier alpha value is -1.88. The van der Waals surface area contributed by atoms with Crippen molar-refractivity contribution < 1.29 is 9.59 Å². The van der Waals surface area contributed by atoms with Crippen molar-refractivity contribution in [2.75, 3.05) is 26.7 Å². The van der Waals surface area contributed by atoms with Crippen LogP contribution in [-0.4, -0.2) is 43.4 Å². The molecule has 5 heteroatoms. The van der Waals surface area contributed by atoms with Crippen LogP contribution in [0.2, 0.25) is 0 Å². The Morgan fingerprint density at radius 2 is 2.08 bits per heavy atom.